The maximum atomic E-state index is 5.77. The number of halogens is 1. The van der Waals surface area contributed by atoms with Gasteiger partial charge in [-0.15, -0.1) is 24.0 Å². The summed E-state index contributed by atoms with van der Waals surface area (Å²) in [5.74, 6) is 1.04. The van der Waals surface area contributed by atoms with Gasteiger partial charge in [0.1, 0.15) is 0 Å². The molecule has 0 aliphatic carbocycles. The lowest BCUT2D eigenvalue weighted by Crippen LogP contribution is -2.47. The van der Waals surface area contributed by atoms with Crippen molar-refractivity contribution in [2.45, 2.75) is 52.6 Å². The molecule has 0 bridgehead atoms. The van der Waals surface area contributed by atoms with Crippen molar-refractivity contribution in [2.24, 2.45) is 4.99 Å². The van der Waals surface area contributed by atoms with Crippen molar-refractivity contribution in [1.82, 2.24) is 15.2 Å². The first kappa shape index (κ1) is 23.0. The highest BCUT2D eigenvalue weighted by atomic mass is 127. The zero-order chi connectivity index (χ0) is 19.1. The molecule has 1 aliphatic rings. The number of aromatic amines is 1. The number of aromatic nitrogens is 1. The summed E-state index contributed by atoms with van der Waals surface area (Å²) in [5.41, 5.74) is 4.02. The molecule has 156 valence electrons. The number of aliphatic imine (C=N–C) groups is 1. The molecule has 0 unspecified atom stereocenters. The molecule has 1 aliphatic heterocycles. The van der Waals surface area contributed by atoms with Gasteiger partial charge in [0, 0.05) is 49.9 Å². The Morgan fingerprint density at radius 3 is 2.68 bits per heavy atom. The van der Waals surface area contributed by atoms with Crippen molar-refractivity contribution in [1.29, 1.82) is 0 Å². The molecular weight excluding hydrogens is 463 g/mol. The van der Waals surface area contributed by atoms with Crippen LogP contribution in [0.15, 0.2) is 29.4 Å². The smallest absolute Gasteiger partial charge is 0.193 e. The quantitative estimate of drug-likeness (QED) is 0.339. The van der Waals surface area contributed by atoms with E-state index in [0.717, 1.165) is 64.4 Å². The van der Waals surface area contributed by atoms with E-state index in [0.29, 0.717) is 6.10 Å². The van der Waals surface area contributed by atoms with Crippen LogP contribution in [0.5, 0.6) is 0 Å². The third-order valence-corrected chi connectivity index (χ3v) is 5.39. The third kappa shape index (κ3) is 5.63. The van der Waals surface area contributed by atoms with Crippen LogP contribution in [0.25, 0.3) is 10.9 Å². The number of nitrogens with zero attached hydrogens (tertiary/aromatic N) is 2. The summed E-state index contributed by atoms with van der Waals surface area (Å²) in [7, 11) is 0. The predicted molar refractivity (Wildman–Crippen MR) is 129 cm³/mol. The second kappa shape index (κ2) is 11.7. The van der Waals surface area contributed by atoms with E-state index in [9.17, 15) is 0 Å². The van der Waals surface area contributed by atoms with Crippen LogP contribution in [0, 0.1) is 0 Å². The number of benzene rings is 1. The van der Waals surface area contributed by atoms with Crippen molar-refractivity contribution in [3.8, 4) is 0 Å². The topological polar surface area (TPSA) is 52.7 Å². The number of guanidine groups is 1. The molecule has 0 saturated carbocycles. The van der Waals surface area contributed by atoms with Crippen molar-refractivity contribution in [3.63, 3.8) is 0 Å². The molecule has 0 spiro atoms. The summed E-state index contributed by atoms with van der Waals surface area (Å²) in [5, 5.41) is 4.80. The van der Waals surface area contributed by atoms with Gasteiger partial charge in [-0.25, -0.2) is 0 Å². The first-order valence-corrected chi connectivity index (χ1v) is 10.5. The van der Waals surface area contributed by atoms with Gasteiger partial charge in [-0.2, -0.15) is 0 Å². The Balaban J connectivity index is 0.00000280. The number of hydrogen-bond acceptors (Lipinski definition) is 2. The Labute approximate surface area is 186 Å². The molecule has 1 fully saturated rings. The number of hydrogen-bond donors (Lipinski definition) is 2. The number of fused-ring (bicyclic) bond motifs is 1. The fourth-order valence-corrected chi connectivity index (χ4v) is 3.95. The number of ether oxygens (including phenoxy) is 1. The Bertz CT molecular complexity index is 750. The summed E-state index contributed by atoms with van der Waals surface area (Å²) < 4.78 is 5.77. The van der Waals surface area contributed by atoms with Crippen LogP contribution in [0.3, 0.4) is 0 Å². The van der Waals surface area contributed by atoms with Crippen LogP contribution in [0.4, 0.5) is 0 Å². The lowest BCUT2D eigenvalue weighted by atomic mass is 10.1. The molecule has 3 rings (SSSR count). The third-order valence-electron chi connectivity index (χ3n) is 5.39. The van der Waals surface area contributed by atoms with Crippen LogP contribution in [-0.4, -0.2) is 54.7 Å². The summed E-state index contributed by atoms with van der Waals surface area (Å²) in [4.78, 5) is 10.8. The summed E-state index contributed by atoms with van der Waals surface area (Å²) in [6, 6.07) is 6.58. The highest BCUT2D eigenvalue weighted by Gasteiger charge is 2.21. The van der Waals surface area contributed by atoms with E-state index in [1.807, 2.05) is 0 Å². The lowest BCUT2D eigenvalue weighted by Gasteiger charge is -2.34. The highest BCUT2D eigenvalue weighted by Crippen LogP contribution is 2.22. The van der Waals surface area contributed by atoms with Crippen molar-refractivity contribution in [3.05, 3.63) is 35.5 Å². The van der Waals surface area contributed by atoms with Crippen LogP contribution >= 0.6 is 24.0 Å². The molecule has 1 aromatic carbocycles. The van der Waals surface area contributed by atoms with Gasteiger partial charge >= 0.3 is 0 Å². The molecule has 28 heavy (non-hydrogen) atoms. The number of piperidine rings is 1. The molecule has 0 radical (unpaired) electrons. The fourth-order valence-electron chi connectivity index (χ4n) is 3.95. The molecule has 6 heteroatoms. The number of rotatable bonds is 7. The SMILES string of the molecule is CCNC(=NCCc1c[nH]c2c(CC)cccc12)N1CCC(OCC)CC1.I. The molecule has 1 saturated heterocycles. The Kier molecular flexibility index (Phi) is 9.58. The van der Waals surface area contributed by atoms with Crippen molar-refractivity contribution in [2.75, 3.05) is 32.8 Å². The van der Waals surface area contributed by atoms with Crippen molar-refractivity contribution < 1.29 is 4.74 Å². The summed E-state index contributed by atoms with van der Waals surface area (Å²) >= 11 is 0. The standard InChI is InChI=1S/C22H34N4O.HI/c1-4-17-8-7-9-20-18(16-25-21(17)20)10-13-24-22(23-5-2)26-14-11-19(12-15-26)27-6-3;/h7-9,16,19,25H,4-6,10-15H2,1-3H3,(H,23,24);1H. The molecular formula is C22H35IN4O. The van der Waals surface area contributed by atoms with Gasteiger partial charge in [0.2, 0.25) is 0 Å². The van der Waals surface area contributed by atoms with E-state index in [1.54, 1.807) is 0 Å². The number of aryl methyl sites for hydroxylation is 1. The Hall–Kier alpha value is -1.28. The molecule has 0 amide bonds. The number of para-hydroxylation sites is 1. The van der Waals surface area contributed by atoms with E-state index in [1.165, 1.54) is 22.0 Å². The molecule has 2 heterocycles. The normalized spacial score (nSPS) is 15.7. The zero-order valence-corrected chi connectivity index (χ0v) is 19.8. The van der Waals surface area contributed by atoms with Gasteiger partial charge in [0.15, 0.2) is 5.96 Å². The average molecular weight is 498 g/mol. The van der Waals surface area contributed by atoms with Gasteiger partial charge in [-0.05, 0) is 50.7 Å². The average Bonchev–Trinajstić information content (AvgIpc) is 3.11. The number of likely N-dealkylation sites (tertiary alicyclic amines) is 1. The predicted octanol–water partition coefficient (Wildman–Crippen LogP) is 4.36. The van der Waals surface area contributed by atoms with Crippen molar-refractivity contribution >= 4 is 40.8 Å². The summed E-state index contributed by atoms with van der Waals surface area (Å²) in [6.45, 7) is 11.0. The van der Waals surface area contributed by atoms with E-state index in [2.05, 4.69) is 60.4 Å². The van der Waals surface area contributed by atoms with E-state index in [-0.39, 0.29) is 24.0 Å². The maximum Gasteiger partial charge on any atom is 0.193 e. The first-order chi connectivity index (χ1) is 13.3. The second-order valence-corrected chi connectivity index (χ2v) is 7.13. The van der Waals surface area contributed by atoms with Crippen LogP contribution in [0.2, 0.25) is 0 Å². The maximum absolute atomic E-state index is 5.77. The second-order valence-electron chi connectivity index (χ2n) is 7.13. The highest BCUT2D eigenvalue weighted by molar-refractivity contribution is 14.0. The zero-order valence-electron chi connectivity index (χ0n) is 17.5. The molecule has 2 N–H and O–H groups in total. The molecule has 1 aromatic heterocycles. The monoisotopic (exact) mass is 498 g/mol. The van der Waals surface area contributed by atoms with Gasteiger partial charge in [-0.1, -0.05) is 25.1 Å². The molecule has 5 nitrogen and oxygen atoms in total. The Morgan fingerprint density at radius 2 is 2.00 bits per heavy atom. The van der Waals surface area contributed by atoms with E-state index >= 15 is 0 Å². The Morgan fingerprint density at radius 1 is 1.21 bits per heavy atom. The van der Waals surface area contributed by atoms with Gasteiger partial charge in [0.25, 0.3) is 0 Å². The number of H-pyrrole nitrogens is 1. The largest absolute Gasteiger partial charge is 0.378 e. The molecule has 0 atom stereocenters. The lowest BCUT2D eigenvalue weighted by molar-refractivity contribution is 0.0264. The minimum atomic E-state index is 0. The van der Waals surface area contributed by atoms with Gasteiger partial charge in [0.05, 0.1) is 6.10 Å². The number of nitrogens with one attached hydrogen (secondary N) is 2. The van der Waals surface area contributed by atoms with E-state index in [4.69, 9.17) is 9.73 Å². The fraction of sp³-hybridized carbons (Fsp3) is 0.591. The minimum Gasteiger partial charge on any atom is -0.378 e. The van der Waals surface area contributed by atoms with Crippen LogP contribution in [0.1, 0.15) is 44.7 Å². The minimum absolute atomic E-state index is 0. The van der Waals surface area contributed by atoms with Crippen LogP contribution < -0.4 is 5.32 Å². The van der Waals surface area contributed by atoms with Crippen LogP contribution in [-0.2, 0) is 17.6 Å². The van der Waals surface area contributed by atoms with Gasteiger partial charge < -0.3 is 19.9 Å². The summed E-state index contributed by atoms with van der Waals surface area (Å²) in [6.07, 6.45) is 6.74. The molecule has 2 aromatic rings. The van der Waals surface area contributed by atoms with Gasteiger partial charge in [-0.3, -0.25) is 4.99 Å². The van der Waals surface area contributed by atoms with E-state index < -0.39 is 0 Å². The first-order valence-electron chi connectivity index (χ1n) is 10.5.